The van der Waals surface area contributed by atoms with Crippen LogP contribution in [0, 0.1) is 11.3 Å². The van der Waals surface area contributed by atoms with Gasteiger partial charge in [-0.2, -0.15) is 5.26 Å². The fourth-order valence-corrected chi connectivity index (χ4v) is 2.29. The highest BCUT2D eigenvalue weighted by atomic mass is 79.9. The normalized spacial score (nSPS) is 10.9. The Morgan fingerprint density at radius 3 is 2.50 bits per heavy atom. The van der Waals surface area contributed by atoms with Gasteiger partial charge in [-0.25, -0.2) is 0 Å². The molecule has 0 aromatic heterocycles. The fourth-order valence-electron chi connectivity index (χ4n) is 2.02. The summed E-state index contributed by atoms with van der Waals surface area (Å²) in [5, 5.41) is 9.39. The van der Waals surface area contributed by atoms with Crippen molar-refractivity contribution < 1.29 is 9.47 Å². The van der Waals surface area contributed by atoms with Crippen LogP contribution in [0.15, 0.2) is 46.9 Å². The largest absolute Gasteiger partial charge is 0.493 e. The predicted octanol–water partition coefficient (Wildman–Crippen LogP) is 4.92. The van der Waals surface area contributed by atoms with E-state index in [1.807, 2.05) is 55.5 Å². The van der Waals surface area contributed by atoms with Gasteiger partial charge in [-0.3, -0.25) is 0 Å². The average Bonchev–Trinajstić information content (AvgIpc) is 2.55. The smallest absolute Gasteiger partial charge is 0.161 e. The lowest BCUT2D eigenvalue weighted by Crippen LogP contribution is -1.95. The first-order valence-electron chi connectivity index (χ1n) is 6.86. The van der Waals surface area contributed by atoms with Gasteiger partial charge >= 0.3 is 0 Å². The SMILES string of the molecule is CCOc1ccc(C=C(C#N)c2ccc(Br)cc2)cc1OC. The van der Waals surface area contributed by atoms with Crippen molar-refractivity contribution in [3.05, 3.63) is 58.1 Å². The first kappa shape index (κ1) is 16.1. The van der Waals surface area contributed by atoms with E-state index in [-0.39, 0.29) is 0 Å². The Morgan fingerprint density at radius 2 is 1.91 bits per heavy atom. The Bertz CT molecular complexity index is 715. The minimum absolute atomic E-state index is 0.577. The summed E-state index contributed by atoms with van der Waals surface area (Å²) in [5.74, 6) is 1.35. The topological polar surface area (TPSA) is 42.2 Å². The molecule has 0 aliphatic rings. The van der Waals surface area contributed by atoms with E-state index in [2.05, 4.69) is 22.0 Å². The number of nitrogens with zero attached hydrogens (tertiary/aromatic N) is 1. The van der Waals surface area contributed by atoms with Crippen LogP contribution in [0.5, 0.6) is 11.5 Å². The molecule has 0 saturated carbocycles. The summed E-state index contributed by atoms with van der Waals surface area (Å²) in [6, 6.07) is 15.5. The van der Waals surface area contributed by atoms with Gasteiger partial charge in [-0.15, -0.1) is 0 Å². The molecule has 0 atom stereocenters. The predicted molar refractivity (Wildman–Crippen MR) is 91.8 cm³/mol. The van der Waals surface area contributed by atoms with E-state index in [1.54, 1.807) is 7.11 Å². The molecule has 0 unspecified atom stereocenters. The van der Waals surface area contributed by atoms with Crippen LogP contribution in [-0.2, 0) is 0 Å². The molecule has 2 aromatic rings. The first-order chi connectivity index (χ1) is 10.7. The highest BCUT2D eigenvalue weighted by Gasteiger charge is 2.06. The lowest BCUT2D eigenvalue weighted by Gasteiger charge is -2.10. The summed E-state index contributed by atoms with van der Waals surface area (Å²) in [7, 11) is 1.60. The quantitative estimate of drug-likeness (QED) is 0.563. The van der Waals surface area contributed by atoms with Gasteiger partial charge in [-0.1, -0.05) is 34.1 Å². The molecule has 3 nitrogen and oxygen atoms in total. The number of hydrogen-bond acceptors (Lipinski definition) is 3. The van der Waals surface area contributed by atoms with Gasteiger partial charge in [0.1, 0.15) is 0 Å². The molecule has 22 heavy (non-hydrogen) atoms. The standard InChI is InChI=1S/C18H16BrNO2/c1-3-22-17-9-4-13(11-18(17)21-2)10-15(12-20)14-5-7-16(19)8-6-14/h4-11H,3H2,1-2H3. The molecule has 0 fully saturated rings. The Morgan fingerprint density at radius 1 is 1.18 bits per heavy atom. The van der Waals surface area contributed by atoms with Crippen LogP contribution in [0.4, 0.5) is 0 Å². The molecule has 0 spiro atoms. The fraction of sp³-hybridized carbons (Fsp3) is 0.167. The second-order valence-corrected chi connectivity index (χ2v) is 5.44. The maximum Gasteiger partial charge on any atom is 0.161 e. The Labute approximate surface area is 138 Å². The van der Waals surface area contributed by atoms with Gasteiger partial charge in [0.2, 0.25) is 0 Å². The second kappa shape index (κ2) is 7.67. The van der Waals surface area contributed by atoms with E-state index in [9.17, 15) is 5.26 Å². The Kier molecular flexibility index (Phi) is 5.62. The molecule has 0 aliphatic heterocycles. The third-order valence-electron chi connectivity index (χ3n) is 3.07. The molecular formula is C18H16BrNO2. The highest BCUT2D eigenvalue weighted by Crippen LogP contribution is 2.30. The summed E-state index contributed by atoms with van der Waals surface area (Å²) < 4.78 is 11.8. The van der Waals surface area contributed by atoms with E-state index in [1.165, 1.54) is 0 Å². The first-order valence-corrected chi connectivity index (χ1v) is 7.65. The van der Waals surface area contributed by atoms with Gasteiger partial charge in [0, 0.05) is 4.47 Å². The van der Waals surface area contributed by atoms with Crippen molar-refractivity contribution in [3.8, 4) is 17.6 Å². The van der Waals surface area contributed by atoms with Crippen LogP contribution in [0.25, 0.3) is 11.6 Å². The molecule has 0 aliphatic carbocycles. The number of nitriles is 1. The van der Waals surface area contributed by atoms with Crippen molar-refractivity contribution in [2.24, 2.45) is 0 Å². The van der Waals surface area contributed by atoms with Crippen LogP contribution in [0.1, 0.15) is 18.1 Å². The van der Waals surface area contributed by atoms with Gasteiger partial charge < -0.3 is 9.47 Å². The van der Waals surface area contributed by atoms with Crippen molar-refractivity contribution in [3.63, 3.8) is 0 Å². The molecule has 0 bridgehead atoms. The molecular weight excluding hydrogens is 342 g/mol. The Hall–Kier alpha value is -2.25. The number of hydrogen-bond donors (Lipinski definition) is 0. The number of rotatable bonds is 5. The van der Waals surface area contributed by atoms with Crippen LogP contribution in [0.3, 0.4) is 0 Å². The third kappa shape index (κ3) is 3.90. The summed E-state index contributed by atoms with van der Waals surface area (Å²) in [5.41, 5.74) is 2.36. The van der Waals surface area contributed by atoms with E-state index in [0.717, 1.165) is 15.6 Å². The summed E-state index contributed by atoms with van der Waals surface area (Å²) in [6.07, 6.45) is 1.83. The molecule has 2 aromatic carbocycles. The van der Waals surface area contributed by atoms with Crippen molar-refractivity contribution in [1.82, 2.24) is 0 Å². The number of methoxy groups -OCH3 is 1. The summed E-state index contributed by atoms with van der Waals surface area (Å²) in [4.78, 5) is 0. The highest BCUT2D eigenvalue weighted by molar-refractivity contribution is 9.10. The molecule has 0 N–H and O–H groups in total. The minimum atomic E-state index is 0.577. The monoisotopic (exact) mass is 357 g/mol. The number of benzene rings is 2. The minimum Gasteiger partial charge on any atom is -0.493 e. The third-order valence-corrected chi connectivity index (χ3v) is 3.60. The van der Waals surface area contributed by atoms with Crippen LogP contribution in [-0.4, -0.2) is 13.7 Å². The lowest BCUT2D eigenvalue weighted by molar-refractivity contribution is 0.311. The molecule has 4 heteroatoms. The zero-order valence-corrected chi connectivity index (χ0v) is 14.1. The maximum absolute atomic E-state index is 9.39. The van der Waals surface area contributed by atoms with Crippen molar-refractivity contribution >= 4 is 27.6 Å². The van der Waals surface area contributed by atoms with Crippen molar-refractivity contribution in [1.29, 1.82) is 5.26 Å². The zero-order valence-electron chi connectivity index (χ0n) is 12.5. The van der Waals surface area contributed by atoms with Crippen molar-refractivity contribution in [2.45, 2.75) is 6.92 Å². The molecule has 0 amide bonds. The van der Waals surface area contributed by atoms with E-state index in [0.29, 0.717) is 23.7 Å². The molecule has 0 heterocycles. The molecule has 0 radical (unpaired) electrons. The molecule has 112 valence electrons. The van der Waals surface area contributed by atoms with Crippen LogP contribution < -0.4 is 9.47 Å². The van der Waals surface area contributed by atoms with Gasteiger partial charge in [-0.05, 0) is 48.4 Å². The summed E-state index contributed by atoms with van der Waals surface area (Å²) >= 11 is 3.39. The van der Waals surface area contributed by atoms with Crippen LogP contribution >= 0.6 is 15.9 Å². The Balaban J connectivity index is 2.37. The average molecular weight is 358 g/mol. The lowest BCUT2D eigenvalue weighted by atomic mass is 10.0. The van der Waals surface area contributed by atoms with Crippen molar-refractivity contribution in [2.75, 3.05) is 13.7 Å². The van der Waals surface area contributed by atoms with Gasteiger partial charge in [0.25, 0.3) is 0 Å². The number of halogens is 1. The number of allylic oxidation sites excluding steroid dienone is 1. The molecule has 2 rings (SSSR count). The van der Waals surface area contributed by atoms with E-state index >= 15 is 0 Å². The maximum atomic E-state index is 9.39. The van der Waals surface area contributed by atoms with E-state index < -0.39 is 0 Å². The number of ether oxygens (including phenoxy) is 2. The second-order valence-electron chi connectivity index (χ2n) is 4.52. The van der Waals surface area contributed by atoms with Crippen LogP contribution in [0.2, 0.25) is 0 Å². The van der Waals surface area contributed by atoms with Gasteiger partial charge in [0.05, 0.1) is 25.4 Å². The summed E-state index contributed by atoms with van der Waals surface area (Å²) in [6.45, 7) is 2.50. The zero-order chi connectivity index (χ0) is 15.9. The molecule has 0 saturated heterocycles. The van der Waals surface area contributed by atoms with Gasteiger partial charge in [0.15, 0.2) is 11.5 Å². The van der Waals surface area contributed by atoms with E-state index in [4.69, 9.17) is 9.47 Å².